The van der Waals surface area contributed by atoms with Crippen LogP contribution < -0.4 is 14.8 Å². The average Bonchev–Trinajstić information content (AvgIpc) is 3.25. The first kappa shape index (κ1) is 23.1. The Morgan fingerprint density at radius 2 is 1.76 bits per heavy atom. The predicted octanol–water partition coefficient (Wildman–Crippen LogP) is 6.91. The molecule has 0 atom stereocenters. The first-order valence-corrected chi connectivity index (χ1v) is 10.8. The Balaban J connectivity index is 1.74. The van der Waals surface area contributed by atoms with Crippen molar-refractivity contribution in [2.75, 3.05) is 19.5 Å². The Bertz CT molecular complexity index is 1400. The van der Waals surface area contributed by atoms with E-state index in [9.17, 15) is 9.18 Å². The van der Waals surface area contributed by atoms with Gasteiger partial charge in [0.25, 0.3) is 0 Å². The molecule has 0 aliphatic carbocycles. The number of furan rings is 1. The van der Waals surface area contributed by atoms with Crippen molar-refractivity contribution in [3.05, 3.63) is 83.4 Å². The maximum atomic E-state index is 13.8. The highest BCUT2D eigenvalue weighted by atomic mass is 19.1. The van der Waals surface area contributed by atoms with Crippen molar-refractivity contribution in [2.24, 2.45) is 0 Å². The van der Waals surface area contributed by atoms with E-state index in [1.807, 2.05) is 44.2 Å². The summed E-state index contributed by atoms with van der Waals surface area (Å²) in [5.41, 5.74) is 5.86. The van der Waals surface area contributed by atoms with Crippen LogP contribution in [0, 0.1) is 19.7 Å². The van der Waals surface area contributed by atoms with Crippen LogP contribution in [0.15, 0.2) is 65.3 Å². The molecule has 174 valence electrons. The summed E-state index contributed by atoms with van der Waals surface area (Å²) in [4.78, 5) is 12.7. The summed E-state index contributed by atoms with van der Waals surface area (Å²) < 4.78 is 30.7. The van der Waals surface area contributed by atoms with Gasteiger partial charge in [-0.1, -0.05) is 18.2 Å². The van der Waals surface area contributed by atoms with E-state index in [1.165, 1.54) is 12.1 Å². The van der Waals surface area contributed by atoms with E-state index < -0.39 is 0 Å². The lowest BCUT2D eigenvalue weighted by molar-refractivity contribution is -0.111. The smallest absolute Gasteiger partial charge is 0.248 e. The van der Waals surface area contributed by atoms with Crippen LogP contribution in [0.25, 0.3) is 27.7 Å². The van der Waals surface area contributed by atoms with Gasteiger partial charge in [-0.3, -0.25) is 4.79 Å². The number of methoxy groups -OCH3 is 2. The molecular weight excluding hydrogens is 433 g/mol. The molecular formula is C28H26FNO4. The van der Waals surface area contributed by atoms with Gasteiger partial charge in [0.15, 0.2) is 0 Å². The lowest BCUT2D eigenvalue weighted by Gasteiger charge is -2.13. The van der Waals surface area contributed by atoms with Gasteiger partial charge >= 0.3 is 0 Å². The zero-order valence-electron chi connectivity index (χ0n) is 19.8. The number of benzene rings is 3. The summed E-state index contributed by atoms with van der Waals surface area (Å²) in [7, 11) is 3.22. The fourth-order valence-corrected chi connectivity index (χ4v) is 3.99. The van der Waals surface area contributed by atoms with Gasteiger partial charge in [0, 0.05) is 33.8 Å². The molecule has 0 spiro atoms. The number of halogens is 1. The van der Waals surface area contributed by atoms with E-state index in [4.69, 9.17) is 13.9 Å². The zero-order chi connectivity index (χ0) is 24.4. The molecule has 6 heteroatoms. The van der Waals surface area contributed by atoms with Crippen molar-refractivity contribution in [1.82, 2.24) is 0 Å². The maximum Gasteiger partial charge on any atom is 0.248 e. The Kier molecular flexibility index (Phi) is 6.41. The first-order valence-electron chi connectivity index (χ1n) is 10.8. The first-order chi connectivity index (χ1) is 16.3. The Morgan fingerprint density at radius 3 is 2.41 bits per heavy atom. The van der Waals surface area contributed by atoms with E-state index in [1.54, 1.807) is 39.5 Å². The Hall–Kier alpha value is -4.06. The minimum Gasteiger partial charge on any atom is -0.497 e. The average molecular weight is 460 g/mol. The second kappa shape index (κ2) is 9.43. The summed E-state index contributed by atoms with van der Waals surface area (Å²) in [6.07, 6.45) is 3.20. The lowest BCUT2D eigenvalue weighted by Crippen LogP contribution is -2.09. The Morgan fingerprint density at radius 1 is 1.03 bits per heavy atom. The van der Waals surface area contributed by atoms with E-state index in [2.05, 4.69) is 5.32 Å². The maximum absolute atomic E-state index is 13.8. The van der Waals surface area contributed by atoms with Gasteiger partial charge in [0.2, 0.25) is 5.91 Å². The number of fused-ring (bicyclic) bond motifs is 1. The van der Waals surface area contributed by atoms with Crippen LogP contribution in [0.4, 0.5) is 10.1 Å². The number of aryl methyl sites for hydroxylation is 2. The number of carbonyl (C=O) groups excluding carboxylic acids is 1. The van der Waals surface area contributed by atoms with E-state index >= 15 is 0 Å². The Labute approximate surface area is 197 Å². The molecule has 0 bridgehead atoms. The minimum absolute atomic E-state index is 0.358. The van der Waals surface area contributed by atoms with Gasteiger partial charge in [-0.05, 0) is 67.8 Å². The third-order valence-corrected chi connectivity index (χ3v) is 5.86. The topological polar surface area (TPSA) is 60.7 Å². The number of carbonyl (C=O) groups is 1. The molecule has 0 aliphatic rings. The molecule has 1 aromatic heterocycles. The molecule has 1 amide bonds. The number of allylic oxidation sites excluding steroid dienone is 1. The van der Waals surface area contributed by atoms with Gasteiger partial charge in [-0.15, -0.1) is 0 Å². The van der Waals surface area contributed by atoms with E-state index in [-0.39, 0.29) is 11.7 Å². The highest BCUT2D eigenvalue weighted by Gasteiger charge is 2.19. The van der Waals surface area contributed by atoms with Gasteiger partial charge in [0.1, 0.15) is 22.9 Å². The molecule has 0 unspecified atom stereocenters. The molecule has 0 saturated carbocycles. The molecule has 0 radical (unpaired) electrons. The summed E-state index contributed by atoms with van der Waals surface area (Å²) in [6.45, 7) is 5.44. The molecule has 0 fully saturated rings. The number of hydrogen-bond acceptors (Lipinski definition) is 4. The quantitative estimate of drug-likeness (QED) is 0.318. The highest BCUT2D eigenvalue weighted by molar-refractivity contribution is 6.06. The number of rotatable bonds is 6. The molecule has 34 heavy (non-hydrogen) atoms. The third kappa shape index (κ3) is 4.39. The molecule has 4 aromatic rings. The fraction of sp³-hybridized carbons (Fsp3) is 0.179. The molecule has 1 heterocycles. The summed E-state index contributed by atoms with van der Waals surface area (Å²) in [6, 6.07) is 14.3. The SMILES string of the molecule is COc1ccc(-c2coc3c(C)c(OC)c(/C(C)=C/C(=O)Nc4ccc(C)c(F)c4)cc23)cc1. The summed E-state index contributed by atoms with van der Waals surface area (Å²) in [5.74, 6) is 0.676. The molecule has 0 aliphatic heterocycles. The van der Waals surface area contributed by atoms with Crippen molar-refractivity contribution in [2.45, 2.75) is 20.8 Å². The van der Waals surface area contributed by atoms with Gasteiger partial charge < -0.3 is 19.2 Å². The fourth-order valence-electron chi connectivity index (χ4n) is 3.99. The second-order valence-corrected chi connectivity index (χ2v) is 8.12. The molecule has 4 rings (SSSR count). The normalized spacial score (nSPS) is 11.5. The zero-order valence-corrected chi connectivity index (χ0v) is 19.8. The van der Waals surface area contributed by atoms with E-state index in [0.717, 1.165) is 39.0 Å². The van der Waals surface area contributed by atoms with Crippen LogP contribution in [0.3, 0.4) is 0 Å². The van der Waals surface area contributed by atoms with Gasteiger partial charge in [-0.2, -0.15) is 0 Å². The molecule has 3 aromatic carbocycles. The number of nitrogens with one attached hydrogen (secondary N) is 1. The largest absolute Gasteiger partial charge is 0.497 e. The van der Waals surface area contributed by atoms with Crippen molar-refractivity contribution in [3.63, 3.8) is 0 Å². The third-order valence-electron chi connectivity index (χ3n) is 5.86. The van der Waals surface area contributed by atoms with Crippen molar-refractivity contribution >= 4 is 28.1 Å². The number of anilines is 1. The number of hydrogen-bond donors (Lipinski definition) is 1. The lowest BCUT2D eigenvalue weighted by atomic mass is 9.96. The van der Waals surface area contributed by atoms with Crippen LogP contribution >= 0.6 is 0 Å². The minimum atomic E-state index is -0.368. The van der Waals surface area contributed by atoms with Crippen LogP contribution in [0.2, 0.25) is 0 Å². The van der Waals surface area contributed by atoms with Gasteiger partial charge in [0.05, 0.1) is 20.5 Å². The van der Waals surface area contributed by atoms with Crippen molar-refractivity contribution < 1.29 is 23.1 Å². The molecule has 0 saturated heterocycles. The molecule has 1 N–H and O–H groups in total. The van der Waals surface area contributed by atoms with Crippen molar-refractivity contribution in [1.29, 1.82) is 0 Å². The summed E-state index contributed by atoms with van der Waals surface area (Å²) in [5, 5.41) is 3.63. The van der Waals surface area contributed by atoms with Crippen LogP contribution in [-0.2, 0) is 4.79 Å². The highest BCUT2D eigenvalue weighted by Crippen LogP contribution is 2.40. The number of ether oxygens (including phenoxy) is 2. The monoisotopic (exact) mass is 459 g/mol. The van der Waals surface area contributed by atoms with E-state index in [0.29, 0.717) is 22.6 Å². The van der Waals surface area contributed by atoms with Crippen LogP contribution in [0.5, 0.6) is 11.5 Å². The standard InChI is InChI=1S/C28H26FNO4/c1-16-6-9-20(13-25(16)29)30-26(31)12-17(2)22-14-23-24(19-7-10-21(32-4)11-8-19)15-34-28(23)18(3)27(22)33-5/h6-15H,1-5H3,(H,30,31)/b17-12+. The van der Waals surface area contributed by atoms with Gasteiger partial charge in [-0.25, -0.2) is 4.39 Å². The van der Waals surface area contributed by atoms with Crippen LogP contribution in [-0.4, -0.2) is 20.1 Å². The summed E-state index contributed by atoms with van der Waals surface area (Å²) >= 11 is 0. The second-order valence-electron chi connectivity index (χ2n) is 8.12. The van der Waals surface area contributed by atoms with Crippen LogP contribution in [0.1, 0.15) is 23.6 Å². The molecule has 5 nitrogen and oxygen atoms in total. The predicted molar refractivity (Wildman–Crippen MR) is 133 cm³/mol. The number of amides is 1. The van der Waals surface area contributed by atoms with Crippen molar-refractivity contribution in [3.8, 4) is 22.6 Å².